The number of nitrogens with two attached hydrogens (primary N) is 1. The molecular weight excluding hydrogens is 361 g/mol. The molecule has 146 valence electrons. The molecule has 1 saturated heterocycles. The predicted molar refractivity (Wildman–Crippen MR) is 94.4 cm³/mol. The molecule has 2 aromatic rings. The van der Waals surface area contributed by atoms with Crippen molar-refractivity contribution in [1.29, 1.82) is 0 Å². The lowest BCUT2D eigenvalue weighted by atomic mass is 10.1. The van der Waals surface area contributed by atoms with Crippen LogP contribution in [-0.4, -0.2) is 39.8 Å². The minimum Gasteiger partial charge on any atom is -0.355 e. The molecule has 3 rings (SSSR count). The molecule has 1 atom stereocenters. The Morgan fingerprint density at radius 2 is 2.04 bits per heavy atom. The number of nitrogens with one attached hydrogen (secondary N) is 1. The van der Waals surface area contributed by atoms with E-state index in [-0.39, 0.29) is 11.7 Å². The Hall–Kier alpha value is -2.62. The minimum absolute atomic E-state index is 0.101. The van der Waals surface area contributed by atoms with Crippen molar-refractivity contribution < 1.29 is 18.0 Å². The minimum atomic E-state index is -4.49. The summed E-state index contributed by atoms with van der Waals surface area (Å²) < 4.78 is 39.5. The van der Waals surface area contributed by atoms with Gasteiger partial charge in [-0.1, -0.05) is 0 Å². The van der Waals surface area contributed by atoms with E-state index in [2.05, 4.69) is 20.3 Å². The van der Waals surface area contributed by atoms with Gasteiger partial charge in [0.15, 0.2) is 5.82 Å². The molecule has 0 aromatic carbocycles. The van der Waals surface area contributed by atoms with Gasteiger partial charge in [-0.3, -0.25) is 14.5 Å². The van der Waals surface area contributed by atoms with Crippen LogP contribution < -0.4 is 16.0 Å². The van der Waals surface area contributed by atoms with E-state index in [1.807, 2.05) is 0 Å². The molecule has 0 spiro atoms. The topological polar surface area (TPSA) is 89.1 Å². The summed E-state index contributed by atoms with van der Waals surface area (Å²) in [5.41, 5.74) is 5.50. The van der Waals surface area contributed by atoms with Crippen LogP contribution in [0.25, 0.3) is 0 Å². The van der Waals surface area contributed by atoms with Crippen LogP contribution in [0, 0.1) is 0 Å². The van der Waals surface area contributed by atoms with Gasteiger partial charge in [0.25, 0.3) is 5.91 Å². The molecule has 27 heavy (non-hydrogen) atoms. The third kappa shape index (κ3) is 4.38. The Morgan fingerprint density at radius 1 is 1.26 bits per heavy atom. The van der Waals surface area contributed by atoms with Crippen LogP contribution in [0.3, 0.4) is 0 Å². The van der Waals surface area contributed by atoms with Crippen LogP contribution in [0.15, 0.2) is 24.5 Å². The molecule has 0 aliphatic carbocycles. The number of anilines is 2. The molecule has 7 nitrogen and oxygen atoms in total. The molecule has 1 aliphatic heterocycles. The first-order valence-corrected chi connectivity index (χ1v) is 8.63. The van der Waals surface area contributed by atoms with Gasteiger partial charge >= 0.3 is 6.18 Å². The summed E-state index contributed by atoms with van der Waals surface area (Å²) in [6, 6.07) is 2.04. The van der Waals surface area contributed by atoms with Crippen molar-refractivity contribution in [3.8, 4) is 0 Å². The number of pyridine rings is 1. The van der Waals surface area contributed by atoms with Crippen LogP contribution in [0.1, 0.15) is 35.3 Å². The lowest BCUT2D eigenvalue weighted by Crippen LogP contribution is -2.29. The van der Waals surface area contributed by atoms with Crippen molar-refractivity contribution in [2.75, 3.05) is 23.3 Å². The molecule has 1 fully saturated rings. The van der Waals surface area contributed by atoms with Crippen LogP contribution in [-0.2, 0) is 13.2 Å². The number of alkyl halides is 3. The highest BCUT2D eigenvalue weighted by Gasteiger charge is 2.31. The maximum absolute atomic E-state index is 12.6. The number of hydrogen-bond donors (Lipinski definition) is 2. The second-order valence-corrected chi connectivity index (χ2v) is 6.57. The second kappa shape index (κ2) is 7.55. The van der Waals surface area contributed by atoms with Gasteiger partial charge < -0.3 is 16.0 Å². The molecule has 2 aromatic heterocycles. The van der Waals surface area contributed by atoms with Gasteiger partial charge in [0.1, 0.15) is 11.4 Å². The lowest BCUT2D eigenvalue weighted by Gasteiger charge is -2.24. The van der Waals surface area contributed by atoms with E-state index < -0.39 is 17.6 Å². The van der Waals surface area contributed by atoms with Gasteiger partial charge in [-0.05, 0) is 31.4 Å². The predicted octanol–water partition coefficient (Wildman–Crippen LogP) is 2.40. The Bertz CT molecular complexity index is 802. The number of nitrogens with zero attached hydrogens (tertiary/aromatic N) is 4. The summed E-state index contributed by atoms with van der Waals surface area (Å²) in [5, 5.41) is 6.89. The lowest BCUT2D eigenvalue weighted by molar-refractivity contribution is -0.137. The van der Waals surface area contributed by atoms with Gasteiger partial charge in [0.2, 0.25) is 0 Å². The van der Waals surface area contributed by atoms with Gasteiger partial charge in [-0.15, -0.1) is 0 Å². The molecule has 0 bridgehead atoms. The first kappa shape index (κ1) is 19.2. The first-order chi connectivity index (χ1) is 12.8. The van der Waals surface area contributed by atoms with E-state index in [0.717, 1.165) is 50.3 Å². The van der Waals surface area contributed by atoms with Crippen molar-refractivity contribution in [1.82, 2.24) is 14.8 Å². The van der Waals surface area contributed by atoms with Gasteiger partial charge in [-0.2, -0.15) is 18.3 Å². The molecule has 1 unspecified atom stereocenters. The number of aryl methyl sites for hydroxylation is 1. The highest BCUT2D eigenvalue weighted by atomic mass is 19.4. The molecular formula is C17H21F3N6O. The summed E-state index contributed by atoms with van der Waals surface area (Å²) in [6.45, 7) is 1.52. The molecule has 10 heteroatoms. The van der Waals surface area contributed by atoms with Gasteiger partial charge in [0.05, 0.1) is 11.8 Å². The van der Waals surface area contributed by atoms with E-state index in [1.54, 1.807) is 11.7 Å². The van der Waals surface area contributed by atoms with E-state index in [0.29, 0.717) is 11.9 Å². The monoisotopic (exact) mass is 382 g/mol. The average Bonchev–Trinajstić information content (AvgIpc) is 2.83. The third-order valence-electron chi connectivity index (χ3n) is 4.55. The van der Waals surface area contributed by atoms with Crippen molar-refractivity contribution >= 4 is 17.4 Å². The number of carbonyl (C=O) groups excluding carboxylic acids is 1. The maximum Gasteiger partial charge on any atom is 0.417 e. The normalized spacial score (nSPS) is 18.3. The standard InChI is InChI=1S/C17H21F3N6O/c1-25-16(26-7-2-3-12(21)6-8-26)14(10-23-25)24-15(27)13-5-4-11(9-22-13)17(18,19)20/h4-5,9-10,12H,2-3,6-8,21H2,1H3,(H,24,27). The zero-order valence-electron chi connectivity index (χ0n) is 14.8. The van der Waals surface area contributed by atoms with E-state index in [4.69, 9.17) is 5.73 Å². The quantitative estimate of drug-likeness (QED) is 0.851. The highest BCUT2D eigenvalue weighted by Crippen LogP contribution is 2.29. The van der Waals surface area contributed by atoms with Crippen LogP contribution in [0.4, 0.5) is 24.7 Å². The Labute approximate surface area is 154 Å². The van der Waals surface area contributed by atoms with Crippen LogP contribution in [0.5, 0.6) is 0 Å². The molecule has 0 saturated carbocycles. The van der Waals surface area contributed by atoms with E-state index in [9.17, 15) is 18.0 Å². The molecule has 3 N–H and O–H groups in total. The third-order valence-corrected chi connectivity index (χ3v) is 4.55. The fourth-order valence-corrected chi connectivity index (χ4v) is 3.11. The molecule has 0 radical (unpaired) electrons. The number of amides is 1. The van der Waals surface area contributed by atoms with Crippen molar-refractivity contribution in [2.45, 2.75) is 31.5 Å². The number of carbonyl (C=O) groups is 1. The second-order valence-electron chi connectivity index (χ2n) is 6.57. The summed E-state index contributed by atoms with van der Waals surface area (Å²) in [6.07, 6.45) is 0.369. The van der Waals surface area contributed by atoms with Crippen LogP contribution >= 0.6 is 0 Å². The fourth-order valence-electron chi connectivity index (χ4n) is 3.11. The zero-order valence-corrected chi connectivity index (χ0v) is 14.8. The fraction of sp³-hybridized carbons (Fsp3) is 0.471. The summed E-state index contributed by atoms with van der Waals surface area (Å²) in [5.74, 6) is 0.147. The summed E-state index contributed by atoms with van der Waals surface area (Å²) in [7, 11) is 1.77. The number of halogens is 3. The molecule has 1 amide bonds. The smallest absolute Gasteiger partial charge is 0.355 e. The SMILES string of the molecule is Cn1ncc(NC(=O)c2ccc(C(F)(F)F)cn2)c1N1CCCC(N)CC1. The Morgan fingerprint density at radius 3 is 2.70 bits per heavy atom. The van der Waals surface area contributed by atoms with E-state index in [1.165, 1.54) is 6.20 Å². The van der Waals surface area contributed by atoms with Crippen molar-refractivity contribution in [3.63, 3.8) is 0 Å². The Kier molecular flexibility index (Phi) is 5.36. The average molecular weight is 382 g/mol. The zero-order chi connectivity index (χ0) is 19.6. The summed E-state index contributed by atoms with van der Waals surface area (Å²) >= 11 is 0. The maximum atomic E-state index is 12.6. The molecule has 1 aliphatic rings. The van der Waals surface area contributed by atoms with Crippen molar-refractivity contribution in [2.24, 2.45) is 12.8 Å². The number of aromatic nitrogens is 3. The Balaban J connectivity index is 1.77. The summed E-state index contributed by atoms with van der Waals surface area (Å²) in [4.78, 5) is 18.1. The number of hydrogen-bond acceptors (Lipinski definition) is 5. The van der Waals surface area contributed by atoms with Crippen LogP contribution in [0.2, 0.25) is 0 Å². The number of rotatable bonds is 3. The largest absolute Gasteiger partial charge is 0.417 e. The van der Waals surface area contributed by atoms with Gasteiger partial charge in [0, 0.05) is 32.4 Å². The van der Waals surface area contributed by atoms with E-state index >= 15 is 0 Å². The first-order valence-electron chi connectivity index (χ1n) is 8.63. The highest BCUT2D eigenvalue weighted by molar-refractivity contribution is 6.04. The molecule has 3 heterocycles. The van der Waals surface area contributed by atoms with Crippen molar-refractivity contribution in [3.05, 3.63) is 35.8 Å². The van der Waals surface area contributed by atoms with Gasteiger partial charge in [-0.25, -0.2) is 0 Å².